The molecular formula is C8H10N2O4S. The molecule has 0 aromatic rings. The van der Waals surface area contributed by atoms with Gasteiger partial charge in [0.1, 0.15) is 13.4 Å². The Hall–Kier alpha value is -1.34. The van der Waals surface area contributed by atoms with Crippen LogP contribution in [0.2, 0.25) is 0 Å². The van der Waals surface area contributed by atoms with Crippen LogP contribution < -0.4 is 4.72 Å². The van der Waals surface area contributed by atoms with E-state index in [2.05, 4.69) is 14.7 Å². The first-order valence-electron chi connectivity index (χ1n) is 4.09. The molecule has 0 aromatic heterocycles. The lowest BCUT2D eigenvalue weighted by molar-refractivity contribution is -0.129. The third kappa shape index (κ3) is 2.80. The Kier molecular flexibility index (Phi) is 4.32. The molecule has 1 atom stereocenters. The van der Waals surface area contributed by atoms with Crippen LogP contribution in [0.1, 0.15) is 0 Å². The molecule has 1 aliphatic rings. The lowest BCUT2D eigenvalue weighted by Crippen LogP contribution is -2.30. The van der Waals surface area contributed by atoms with Crippen molar-refractivity contribution >= 4 is 29.9 Å². The number of aliphatic carboxylic acids is 1. The summed E-state index contributed by atoms with van der Waals surface area (Å²) in [6, 6.07) is 0. The van der Waals surface area contributed by atoms with Gasteiger partial charge in [-0.25, -0.2) is 4.79 Å². The molecule has 0 saturated carbocycles. The number of rotatable bonds is 4. The Bertz CT molecular complexity index is 327. The highest BCUT2D eigenvalue weighted by molar-refractivity contribution is 8.00. The number of hydrogen-bond donors (Lipinski definition) is 2. The summed E-state index contributed by atoms with van der Waals surface area (Å²) in [5.41, 5.74) is 0.131. The van der Waals surface area contributed by atoms with Gasteiger partial charge in [0.2, 0.25) is 0 Å². The molecule has 0 radical (unpaired) electrons. The van der Waals surface area contributed by atoms with Gasteiger partial charge in [0.25, 0.3) is 0 Å². The maximum atomic E-state index is 10.9. The van der Waals surface area contributed by atoms with Crippen LogP contribution in [0, 0.1) is 5.92 Å². The number of carboxylic acids is 1. The maximum absolute atomic E-state index is 10.9. The monoisotopic (exact) mass is 230 g/mol. The molecule has 0 aromatic carbocycles. The standard InChI is InChI=1S/C8H10N2O4S/c1-14-10-7(8(12)13)6-4-15-9-2-5(6)3-11/h3-5,9H,2H2,1H3,(H,12,13)/b10-7-. The van der Waals surface area contributed by atoms with E-state index >= 15 is 0 Å². The molecular weight excluding hydrogens is 220 g/mol. The second-order valence-electron chi connectivity index (χ2n) is 2.71. The van der Waals surface area contributed by atoms with Gasteiger partial charge in [-0.1, -0.05) is 17.1 Å². The highest BCUT2D eigenvalue weighted by atomic mass is 32.2. The zero-order valence-electron chi connectivity index (χ0n) is 7.97. The van der Waals surface area contributed by atoms with Crippen LogP contribution in [0.5, 0.6) is 0 Å². The van der Waals surface area contributed by atoms with Crippen LogP contribution in [0.25, 0.3) is 0 Å². The molecule has 0 bridgehead atoms. The van der Waals surface area contributed by atoms with E-state index in [-0.39, 0.29) is 5.71 Å². The minimum absolute atomic E-state index is 0.233. The number of nitrogens with zero attached hydrogens (tertiary/aromatic N) is 1. The fraction of sp³-hybridized carbons (Fsp3) is 0.375. The first-order valence-corrected chi connectivity index (χ1v) is 4.97. The van der Waals surface area contributed by atoms with E-state index in [9.17, 15) is 9.59 Å². The molecule has 0 spiro atoms. The number of hydrogen-bond acceptors (Lipinski definition) is 6. The molecule has 0 fully saturated rings. The Morgan fingerprint density at radius 3 is 3.13 bits per heavy atom. The number of aldehydes is 1. The lowest BCUT2D eigenvalue weighted by Gasteiger charge is -2.18. The van der Waals surface area contributed by atoms with Crippen molar-refractivity contribution in [3.05, 3.63) is 11.0 Å². The Morgan fingerprint density at radius 2 is 2.60 bits per heavy atom. The summed E-state index contributed by atoms with van der Waals surface area (Å²) in [5, 5.41) is 13.8. The van der Waals surface area contributed by atoms with Gasteiger partial charge in [-0.2, -0.15) is 0 Å². The molecule has 6 nitrogen and oxygen atoms in total. The fourth-order valence-corrected chi connectivity index (χ4v) is 1.87. The predicted molar refractivity (Wildman–Crippen MR) is 55.3 cm³/mol. The van der Waals surface area contributed by atoms with E-state index in [1.165, 1.54) is 19.1 Å². The maximum Gasteiger partial charge on any atom is 0.358 e. The molecule has 15 heavy (non-hydrogen) atoms. The molecule has 1 heterocycles. The quantitative estimate of drug-likeness (QED) is 0.306. The topological polar surface area (TPSA) is 88.0 Å². The molecule has 7 heteroatoms. The predicted octanol–water partition coefficient (Wildman–Crippen LogP) is 0.0238. The summed E-state index contributed by atoms with van der Waals surface area (Å²) in [4.78, 5) is 26.0. The average molecular weight is 230 g/mol. The van der Waals surface area contributed by atoms with Gasteiger partial charge in [-0.15, -0.1) is 0 Å². The first-order chi connectivity index (χ1) is 7.20. The number of nitrogens with one attached hydrogen (secondary N) is 1. The van der Waals surface area contributed by atoms with Crippen LogP contribution in [0.4, 0.5) is 0 Å². The van der Waals surface area contributed by atoms with Gasteiger partial charge in [0.05, 0.1) is 5.92 Å². The molecule has 0 amide bonds. The fourth-order valence-electron chi connectivity index (χ4n) is 1.10. The summed E-state index contributed by atoms with van der Waals surface area (Å²) in [5.74, 6) is -1.71. The van der Waals surface area contributed by atoms with Gasteiger partial charge in [-0.3, -0.25) is 4.72 Å². The summed E-state index contributed by atoms with van der Waals surface area (Å²) >= 11 is 1.22. The molecule has 1 unspecified atom stereocenters. The minimum Gasteiger partial charge on any atom is -0.476 e. The van der Waals surface area contributed by atoms with E-state index in [0.717, 1.165) is 0 Å². The molecule has 0 saturated heterocycles. The van der Waals surface area contributed by atoms with E-state index in [1.807, 2.05) is 0 Å². The molecule has 82 valence electrons. The smallest absolute Gasteiger partial charge is 0.358 e. The van der Waals surface area contributed by atoms with E-state index in [0.29, 0.717) is 18.4 Å². The Labute approximate surface area is 90.5 Å². The van der Waals surface area contributed by atoms with Crippen molar-refractivity contribution in [3.8, 4) is 0 Å². The van der Waals surface area contributed by atoms with Gasteiger partial charge >= 0.3 is 5.97 Å². The molecule has 1 aliphatic heterocycles. The van der Waals surface area contributed by atoms with Crippen LogP contribution in [0.3, 0.4) is 0 Å². The third-order valence-corrected chi connectivity index (χ3v) is 2.50. The lowest BCUT2D eigenvalue weighted by atomic mass is 9.98. The zero-order valence-corrected chi connectivity index (χ0v) is 8.78. The Morgan fingerprint density at radius 1 is 1.87 bits per heavy atom. The van der Waals surface area contributed by atoms with Gasteiger partial charge in [0.15, 0.2) is 5.71 Å². The largest absolute Gasteiger partial charge is 0.476 e. The average Bonchev–Trinajstić information content (AvgIpc) is 2.25. The van der Waals surface area contributed by atoms with E-state index in [1.54, 1.807) is 5.41 Å². The van der Waals surface area contributed by atoms with Crippen LogP contribution >= 0.6 is 11.9 Å². The molecule has 0 aliphatic carbocycles. The van der Waals surface area contributed by atoms with Crippen molar-refractivity contribution in [1.29, 1.82) is 0 Å². The zero-order chi connectivity index (χ0) is 11.3. The van der Waals surface area contributed by atoms with Crippen LogP contribution in [-0.2, 0) is 14.4 Å². The van der Waals surface area contributed by atoms with Crippen molar-refractivity contribution in [3.63, 3.8) is 0 Å². The Balaban J connectivity index is 3.00. The van der Waals surface area contributed by atoms with Crippen molar-refractivity contribution in [2.45, 2.75) is 0 Å². The highest BCUT2D eigenvalue weighted by Crippen LogP contribution is 2.20. The van der Waals surface area contributed by atoms with Crippen LogP contribution in [-0.4, -0.2) is 36.7 Å². The van der Waals surface area contributed by atoms with Crippen molar-refractivity contribution in [2.24, 2.45) is 11.1 Å². The summed E-state index contributed by atoms with van der Waals surface area (Å²) < 4.78 is 2.87. The van der Waals surface area contributed by atoms with Gasteiger partial charge < -0.3 is 14.7 Å². The van der Waals surface area contributed by atoms with E-state index < -0.39 is 11.9 Å². The number of oxime groups is 1. The second-order valence-corrected chi connectivity index (χ2v) is 3.47. The third-order valence-electron chi connectivity index (χ3n) is 1.79. The van der Waals surface area contributed by atoms with Gasteiger partial charge in [0, 0.05) is 12.1 Å². The van der Waals surface area contributed by atoms with Crippen molar-refractivity contribution in [2.75, 3.05) is 13.7 Å². The van der Waals surface area contributed by atoms with Crippen molar-refractivity contribution in [1.82, 2.24) is 4.72 Å². The normalized spacial score (nSPS) is 21.8. The number of carbonyl (C=O) groups is 2. The SMILES string of the molecule is CO/N=C(\C(=O)O)C1=CSNCC1C=O. The summed E-state index contributed by atoms with van der Waals surface area (Å²) in [6.45, 7) is 0.385. The molecule has 1 rings (SSSR count). The van der Waals surface area contributed by atoms with Crippen molar-refractivity contribution < 1.29 is 19.5 Å². The van der Waals surface area contributed by atoms with E-state index in [4.69, 9.17) is 5.11 Å². The van der Waals surface area contributed by atoms with Gasteiger partial charge in [-0.05, 0) is 5.41 Å². The number of carboxylic acid groups (broad SMARTS) is 1. The number of carbonyl (C=O) groups excluding carboxylic acids is 1. The highest BCUT2D eigenvalue weighted by Gasteiger charge is 2.26. The first kappa shape index (κ1) is 11.7. The summed E-state index contributed by atoms with van der Waals surface area (Å²) in [7, 11) is 1.26. The minimum atomic E-state index is -1.21. The second kappa shape index (κ2) is 5.52. The molecule has 2 N–H and O–H groups in total. The summed E-state index contributed by atoms with van der Waals surface area (Å²) in [6.07, 6.45) is 0.687. The van der Waals surface area contributed by atoms with Crippen LogP contribution in [0.15, 0.2) is 16.1 Å².